The monoisotopic (exact) mass is 271 g/mol. The van der Waals surface area contributed by atoms with E-state index in [0.29, 0.717) is 28.6 Å². The molecule has 1 amide bonds. The summed E-state index contributed by atoms with van der Waals surface area (Å²) in [6, 6.07) is 4.74. The van der Waals surface area contributed by atoms with Crippen LogP contribution in [0.5, 0.6) is 0 Å². The average molecular weight is 272 g/mol. The Labute approximate surface area is 109 Å². The largest absolute Gasteiger partial charge is 0.335 e. The lowest BCUT2D eigenvalue weighted by molar-refractivity contribution is -0.127. The van der Waals surface area contributed by atoms with Crippen molar-refractivity contribution in [1.29, 1.82) is 0 Å². The predicted molar refractivity (Wildman–Crippen MR) is 66.6 cm³/mol. The van der Waals surface area contributed by atoms with Crippen LogP contribution in [0.4, 0.5) is 0 Å². The van der Waals surface area contributed by atoms with Gasteiger partial charge in [0.2, 0.25) is 5.91 Å². The van der Waals surface area contributed by atoms with E-state index in [1.807, 2.05) is 0 Å². The van der Waals surface area contributed by atoms with Crippen molar-refractivity contribution in [1.82, 2.24) is 4.90 Å². The average Bonchev–Trinajstić information content (AvgIpc) is 2.64. The molecule has 1 aromatic rings. The Morgan fingerprint density at radius 1 is 1.35 bits per heavy atom. The standard InChI is InChI=1S/C12H11Cl2NO2/c13-8-3-4-9(10(14)6-8)11(16)7-15-5-1-2-12(15)17/h3-4,6H,1-2,5,7H2. The Balaban J connectivity index is 2.11. The minimum absolute atomic E-state index is 0.0310. The van der Waals surface area contributed by atoms with Crippen molar-refractivity contribution in [3.63, 3.8) is 0 Å². The van der Waals surface area contributed by atoms with Crippen molar-refractivity contribution < 1.29 is 9.59 Å². The summed E-state index contributed by atoms with van der Waals surface area (Å²) >= 11 is 11.7. The summed E-state index contributed by atoms with van der Waals surface area (Å²) in [5.41, 5.74) is 0.413. The Morgan fingerprint density at radius 2 is 2.12 bits per heavy atom. The molecule has 1 heterocycles. The SMILES string of the molecule is O=C(CN1CCCC1=O)c1ccc(Cl)cc1Cl. The third kappa shape index (κ3) is 2.79. The summed E-state index contributed by atoms with van der Waals surface area (Å²) in [7, 11) is 0. The second-order valence-corrected chi connectivity index (χ2v) is 4.81. The van der Waals surface area contributed by atoms with E-state index in [9.17, 15) is 9.59 Å². The first-order chi connectivity index (χ1) is 8.08. The van der Waals surface area contributed by atoms with Gasteiger partial charge >= 0.3 is 0 Å². The third-order valence-electron chi connectivity index (χ3n) is 2.74. The summed E-state index contributed by atoms with van der Waals surface area (Å²) in [5.74, 6) is -0.120. The van der Waals surface area contributed by atoms with E-state index in [1.54, 1.807) is 17.0 Å². The van der Waals surface area contributed by atoms with Gasteiger partial charge in [-0.15, -0.1) is 0 Å². The molecule has 0 spiro atoms. The van der Waals surface area contributed by atoms with Gasteiger partial charge in [0.25, 0.3) is 0 Å². The number of likely N-dealkylation sites (tertiary alicyclic amines) is 1. The molecule has 1 saturated heterocycles. The summed E-state index contributed by atoms with van der Waals surface area (Å²) in [4.78, 5) is 24.9. The van der Waals surface area contributed by atoms with Gasteiger partial charge in [0, 0.05) is 23.6 Å². The first kappa shape index (κ1) is 12.4. The lowest BCUT2D eigenvalue weighted by Gasteiger charge is -2.14. The molecular weight excluding hydrogens is 261 g/mol. The van der Waals surface area contributed by atoms with Gasteiger partial charge in [0.1, 0.15) is 0 Å². The van der Waals surface area contributed by atoms with Crippen LogP contribution in [0.25, 0.3) is 0 Å². The van der Waals surface area contributed by atoms with E-state index in [4.69, 9.17) is 23.2 Å². The number of benzene rings is 1. The molecule has 1 fully saturated rings. The van der Waals surface area contributed by atoms with Crippen LogP contribution in [0.3, 0.4) is 0 Å². The molecule has 0 saturated carbocycles. The fourth-order valence-electron chi connectivity index (χ4n) is 1.85. The van der Waals surface area contributed by atoms with Gasteiger partial charge in [-0.3, -0.25) is 9.59 Å². The number of carbonyl (C=O) groups excluding carboxylic acids is 2. The molecule has 1 aliphatic rings. The van der Waals surface area contributed by atoms with Crippen LogP contribution in [0.1, 0.15) is 23.2 Å². The number of rotatable bonds is 3. The number of amides is 1. The van der Waals surface area contributed by atoms with E-state index in [-0.39, 0.29) is 18.2 Å². The summed E-state index contributed by atoms with van der Waals surface area (Å²) in [6.07, 6.45) is 1.35. The van der Waals surface area contributed by atoms with Gasteiger partial charge in [-0.05, 0) is 24.6 Å². The van der Waals surface area contributed by atoms with Crippen molar-refractivity contribution in [2.45, 2.75) is 12.8 Å². The topological polar surface area (TPSA) is 37.4 Å². The second kappa shape index (κ2) is 5.07. The molecule has 3 nitrogen and oxygen atoms in total. The van der Waals surface area contributed by atoms with Gasteiger partial charge < -0.3 is 4.90 Å². The fraction of sp³-hybridized carbons (Fsp3) is 0.333. The highest BCUT2D eigenvalue weighted by Crippen LogP contribution is 2.22. The summed E-state index contributed by atoms with van der Waals surface area (Å²) < 4.78 is 0. The van der Waals surface area contributed by atoms with Gasteiger partial charge in [-0.2, -0.15) is 0 Å². The number of hydrogen-bond acceptors (Lipinski definition) is 2. The Bertz CT molecular complexity index is 474. The lowest BCUT2D eigenvalue weighted by atomic mass is 10.1. The van der Waals surface area contributed by atoms with Crippen LogP contribution in [-0.2, 0) is 4.79 Å². The highest BCUT2D eigenvalue weighted by Gasteiger charge is 2.23. The zero-order valence-corrected chi connectivity index (χ0v) is 10.6. The quantitative estimate of drug-likeness (QED) is 0.793. The lowest BCUT2D eigenvalue weighted by Crippen LogP contribution is -2.30. The van der Waals surface area contributed by atoms with Crippen molar-refractivity contribution in [3.05, 3.63) is 33.8 Å². The number of nitrogens with zero attached hydrogens (tertiary/aromatic N) is 1. The van der Waals surface area contributed by atoms with Crippen LogP contribution >= 0.6 is 23.2 Å². The minimum Gasteiger partial charge on any atom is -0.335 e. The van der Waals surface area contributed by atoms with E-state index < -0.39 is 0 Å². The summed E-state index contributed by atoms with van der Waals surface area (Å²) in [5, 5.41) is 0.818. The maximum atomic E-state index is 12.0. The predicted octanol–water partition coefficient (Wildman–Crippen LogP) is 2.80. The second-order valence-electron chi connectivity index (χ2n) is 3.97. The molecule has 0 atom stereocenters. The number of halogens is 2. The normalized spacial score (nSPS) is 15.4. The van der Waals surface area contributed by atoms with Gasteiger partial charge in [0.05, 0.1) is 11.6 Å². The van der Waals surface area contributed by atoms with Crippen molar-refractivity contribution in [2.75, 3.05) is 13.1 Å². The highest BCUT2D eigenvalue weighted by atomic mass is 35.5. The van der Waals surface area contributed by atoms with Gasteiger partial charge in [-0.25, -0.2) is 0 Å². The molecule has 5 heteroatoms. The molecule has 0 aromatic heterocycles. The number of ketones is 1. The van der Waals surface area contributed by atoms with E-state index in [2.05, 4.69) is 0 Å². The molecule has 0 unspecified atom stereocenters. The smallest absolute Gasteiger partial charge is 0.223 e. The molecule has 1 aliphatic heterocycles. The third-order valence-corrected chi connectivity index (χ3v) is 3.29. The molecule has 0 radical (unpaired) electrons. The van der Waals surface area contributed by atoms with Crippen LogP contribution in [0, 0.1) is 0 Å². The van der Waals surface area contributed by atoms with E-state index in [0.717, 1.165) is 6.42 Å². The highest BCUT2D eigenvalue weighted by molar-refractivity contribution is 6.36. The Hall–Kier alpha value is -1.06. The number of Topliss-reactive ketones (excluding diaryl/α,β-unsaturated/α-hetero) is 1. The molecule has 0 N–H and O–H groups in total. The molecule has 0 aliphatic carbocycles. The number of hydrogen-bond donors (Lipinski definition) is 0. The van der Waals surface area contributed by atoms with Crippen LogP contribution in [0.15, 0.2) is 18.2 Å². The van der Waals surface area contributed by atoms with Crippen molar-refractivity contribution in [2.24, 2.45) is 0 Å². The van der Waals surface area contributed by atoms with Gasteiger partial charge in [-0.1, -0.05) is 23.2 Å². The minimum atomic E-state index is -0.151. The maximum absolute atomic E-state index is 12.0. The van der Waals surface area contributed by atoms with Crippen molar-refractivity contribution in [3.8, 4) is 0 Å². The first-order valence-corrected chi connectivity index (χ1v) is 6.09. The van der Waals surface area contributed by atoms with E-state index >= 15 is 0 Å². The first-order valence-electron chi connectivity index (χ1n) is 5.34. The number of carbonyl (C=O) groups is 2. The van der Waals surface area contributed by atoms with Crippen molar-refractivity contribution >= 4 is 34.9 Å². The molecule has 0 bridgehead atoms. The summed E-state index contributed by atoms with van der Waals surface area (Å²) in [6.45, 7) is 0.746. The van der Waals surface area contributed by atoms with Crippen LogP contribution in [0.2, 0.25) is 10.0 Å². The van der Waals surface area contributed by atoms with E-state index in [1.165, 1.54) is 6.07 Å². The molecule has 1 aromatic carbocycles. The zero-order chi connectivity index (χ0) is 12.4. The van der Waals surface area contributed by atoms with Crippen LogP contribution in [-0.4, -0.2) is 29.7 Å². The maximum Gasteiger partial charge on any atom is 0.223 e. The van der Waals surface area contributed by atoms with Crippen LogP contribution < -0.4 is 0 Å². The van der Waals surface area contributed by atoms with Gasteiger partial charge in [0.15, 0.2) is 5.78 Å². The zero-order valence-electron chi connectivity index (χ0n) is 9.08. The Morgan fingerprint density at radius 3 is 2.71 bits per heavy atom. The molecule has 2 rings (SSSR count). The molecule has 17 heavy (non-hydrogen) atoms. The fourth-order valence-corrected chi connectivity index (χ4v) is 2.36. The molecular formula is C12H11Cl2NO2. The molecule has 90 valence electrons. The Kier molecular flexibility index (Phi) is 3.69.